The van der Waals surface area contributed by atoms with Gasteiger partial charge in [0, 0.05) is 6.54 Å². The second-order valence-corrected chi connectivity index (χ2v) is 6.03. The van der Waals surface area contributed by atoms with Crippen molar-refractivity contribution in [3.8, 4) is 0 Å². The van der Waals surface area contributed by atoms with Crippen molar-refractivity contribution in [2.24, 2.45) is 5.92 Å². The Bertz CT molecular complexity index is 422. The van der Waals surface area contributed by atoms with Crippen molar-refractivity contribution < 1.29 is 12.8 Å². The zero-order valence-electron chi connectivity index (χ0n) is 9.69. The van der Waals surface area contributed by atoms with Gasteiger partial charge in [-0.15, -0.1) is 0 Å². The Morgan fingerprint density at radius 3 is 3.06 bits per heavy atom. The average Bonchev–Trinajstić information content (AvgIpc) is 2.84. The third kappa shape index (κ3) is 3.55. The monoisotopic (exact) mass is 258 g/mol. The highest BCUT2D eigenvalue weighted by Gasteiger charge is 2.18. The van der Waals surface area contributed by atoms with Gasteiger partial charge in [-0.2, -0.15) is 0 Å². The van der Waals surface area contributed by atoms with E-state index in [1.807, 2.05) is 0 Å². The number of hydrogen-bond donors (Lipinski definition) is 2. The molecule has 1 fully saturated rings. The van der Waals surface area contributed by atoms with E-state index < -0.39 is 10.0 Å². The summed E-state index contributed by atoms with van der Waals surface area (Å²) in [7, 11) is -3.45. The molecule has 0 amide bonds. The maximum absolute atomic E-state index is 11.7. The second kappa shape index (κ2) is 5.66. The number of furan rings is 1. The average molecular weight is 258 g/mol. The Morgan fingerprint density at radius 2 is 2.41 bits per heavy atom. The van der Waals surface area contributed by atoms with Gasteiger partial charge in [-0.05, 0) is 50.4 Å². The molecule has 2 rings (SSSR count). The minimum absolute atomic E-state index is 0.0146. The Balaban J connectivity index is 1.78. The van der Waals surface area contributed by atoms with Crippen LogP contribution in [0.4, 0.5) is 0 Å². The molecule has 0 aromatic carbocycles. The fourth-order valence-electron chi connectivity index (χ4n) is 2.06. The number of hydrogen-bond acceptors (Lipinski definition) is 4. The lowest BCUT2D eigenvalue weighted by Crippen LogP contribution is -2.33. The highest BCUT2D eigenvalue weighted by molar-refractivity contribution is 7.89. The SMILES string of the molecule is O=S(=O)(NCCC1CCCNC1)c1ccco1. The van der Waals surface area contributed by atoms with E-state index in [4.69, 9.17) is 4.42 Å². The van der Waals surface area contributed by atoms with Crippen LogP contribution >= 0.6 is 0 Å². The van der Waals surface area contributed by atoms with Crippen LogP contribution in [0.2, 0.25) is 0 Å². The van der Waals surface area contributed by atoms with Crippen LogP contribution in [0, 0.1) is 5.92 Å². The van der Waals surface area contributed by atoms with Gasteiger partial charge in [0.1, 0.15) is 0 Å². The summed E-state index contributed by atoms with van der Waals surface area (Å²) in [6.07, 6.45) is 4.58. The van der Waals surface area contributed by atoms with Gasteiger partial charge in [-0.25, -0.2) is 13.1 Å². The fourth-order valence-corrected chi connectivity index (χ4v) is 3.02. The van der Waals surface area contributed by atoms with E-state index in [1.165, 1.54) is 25.2 Å². The summed E-state index contributed by atoms with van der Waals surface area (Å²) in [5.41, 5.74) is 0. The molecule has 0 bridgehead atoms. The van der Waals surface area contributed by atoms with Gasteiger partial charge in [0.25, 0.3) is 10.0 Å². The van der Waals surface area contributed by atoms with Crippen LogP contribution in [0.15, 0.2) is 27.9 Å². The number of rotatable bonds is 5. The predicted octanol–water partition coefficient (Wildman–Crippen LogP) is 0.948. The third-order valence-electron chi connectivity index (χ3n) is 3.00. The molecule has 1 aliphatic heterocycles. The molecule has 0 saturated carbocycles. The van der Waals surface area contributed by atoms with Gasteiger partial charge >= 0.3 is 0 Å². The van der Waals surface area contributed by atoms with Gasteiger partial charge < -0.3 is 9.73 Å². The molecule has 2 heterocycles. The minimum atomic E-state index is -3.45. The van der Waals surface area contributed by atoms with Crippen LogP contribution in [0.1, 0.15) is 19.3 Å². The van der Waals surface area contributed by atoms with Crippen molar-refractivity contribution in [3.63, 3.8) is 0 Å². The molecule has 6 heteroatoms. The van der Waals surface area contributed by atoms with Crippen molar-refractivity contribution >= 4 is 10.0 Å². The molecular formula is C11H18N2O3S. The minimum Gasteiger partial charge on any atom is -0.452 e. The lowest BCUT2D eigenvalue weighted by molar-refractivity contribution is 0.357. The normalized spacial score (nSPS) is 21.5. The maximum atomic E-state index is 11.7. The van der Waals surface area contributed by atoms with Crippen molar-refractivity contribution in [3.05, 3.63) is 18.4 Å². The molecule has 1 unspecified atom stereocenters. The topological polar surface area (TPSA) is 71.3 Å². The van der Waals surface area contributed by atoms with Crippen LogP contribution in [-0.2, 0) is 10.0 Å². The second-order valence-electron chi connectivity index (χ2n) is 4.33. The van der Waals surface area contributed by atoms with Gasteiger partial charge in [0.15, 0.2) is 0 Å². The summed E-state index contributed by atoms with van der Waals surface area (Å²) in [6, 6.07) is 3.02. The molecule has 1 atom stereocenters. The van der Waals surface area contributed by atoms with E-state index in [2.05, 4.69) is 10.0 Å². The lowest BCUT2D eigenvalue weighted by Gasteiger charge is -2.22. The molecule has 1 aliphatic rings. The van der Waals surface area contributed by atoms with Crippen molar-refractivity contribution in [2.45, 2.75) is 24.4 Å². The molecule has 1 saturated heterocycles. The molecule has 1 aromatic rings. The quantitative estimate of drug-likeness (QED) is 0.825. The molecule has 1 aromatic heterocycles. The Kier molecular flexibility index (Phi) is 4.20. The molecule has 2 N–H and O–H groups in total. The van der Waals surface area contributed by atoms with E-state index in [0.717, 1.165) is 19.5 Å². The van der Waals surface area contributed by atoms with Gasteiger partial charge in [0.2, 0.25) is 5.09 Å². The highest BCUT2D eigenvalue weighted by atomic mass is 32.2. The summed E-state index contributed by atoms with van der Waals surface area (Å²) in [5.74, 6) is 0.572. The van der Waals surface area contributed by atoms with E-state index >= 15 is 0 Å². The first-order valence-corrected chi connectivity index (χ1v) is 7.41. The lowest BCUT2D eigenvalue weighted by atomic mass is 9.96. The highest BCUT2D eigenvalue weighted by Crippen LogP contribution is 2.14. The molecule has 0 aliphatic carbocycles. The molecule has 17 heavy (non-hydrogen) atoms. The number of piperidine rings is 1. The number of sulfonamides is 1. The Morgan fingerprint density at radius 1 is 1.53 bits per heavy atom. The van der Waals surface area contributed by atoms with E-state index in [1.54, 1.807) is 6.07 Å². The van der Waals surface area contributed by atoms with E-state index in [0.29, 0.717) is 12.5 Å². The van der Waals surface area contributed by atoms with Crippen LogP contribution in [0.25, 0.3) is 0 Å². The van der Waals surface area contributed by atoms with Crippen LogP contribution in [0.3, 0.4) is 0 Å². The Hall–Kier alpha value is -0.850. The fraction of sp³-hybridized carbons (Fsp3) is 0.636. The van der Waals surface area contributed by atoms with Crippen molar-refractivity contribution in [2.75, 3.05) is 19.6 Å². The zero-order chi connectivity index (χ0) is 12.1. The summed E-state index contributed by atoms with van der Waals surface area (Å²) in [4.78, 5) is 0. The van der Waals surface area contributed by atoms with Crippen LogP contribution in [0.5, 0.6) is 0 Å². The standard InChI is InChI=1S/C11H18N2O3S/c14-17(15,11-4-2-8-16-11)13-7-5-10-3-1-6-12-9-10/h2,4,8,10,12-13H,1,3,5-7,9H2. The summed E-state index contributed by atoms with van der Waals surface area (Å²) in [6.45, 7) is 2.53. The number of nitrogens with one attached hydrogen (secondary N) is 2. The summed E-state index contributed by atoms with van der Waals surface area (Å²) < 4.78 is 30.9. The summed E-state index contributed by atoms with van der Waals surface area (Å²) in [5, 5.41) is 3.30. The van der Waals surface area contributed by atoms with E-state index in [9.17, 15) is 8.42 Å². The smallest absolute Gasteiger partial charge is 0.273 e. The Labute approximate surface area is 102 Å². The molecular weight excluding hydrogens is 240 g/mol. The maximum Gasteiger partial charge on any atom is 0.273 e. The molecule has 96 valence electrons. The first kappa shape index (κ1) is 12.6. The predicted molar refractivity (Wildman–Crippen MR) is 64.1 cm³/mol. The molecule has 5 nitrogen and oxygen atoms in total. The third-order valence-corrected chi connectivity index (χ3v) is 4.35. The summed E-state index contributed by atoms with van der Waals surface area (Å²) >= 11 is 0. The van der Waals surface area contributed by atoms with E-state index in [-0.39, 0.29) is 5.09 Å². The van der Waals surface area contributed by atoms with Gasteiger partial charge in [-0.1, -0.05) is 0 Å². The first-order valence-electron chi connectivity index (χ1n) is 5.92. The van der Waals surface area contributed by atoms with Gasteiger partial charge in [-0.3, -0.25) is 0 Å². The molecule has 0 spiro atoms. The van der Waals surface area contributed by atoms with Crippen LogP contribution in [-0.4, -0.2) is 28.1 Å². The first-order chi connectivity index (χ1) is 8.18. The van der Waals surface area contributed by atoms with Crippen molar-refractivity contribution in [1.29, 1.82) is 0 Å². The van der Waals surface area contributed by atoms with Gasteiger partial charge in [0.05, 0.1) is 6.26 Å². The van der Waals surface area contributed by atoms with Crippen molar-refractivity contribution in [1.82, 2.24) is 10.0 Å². The largest absolute Gasteiger partial charge is 0.452 e. The molecule has 0 radical (unpaired) electrons. The van der Waals surface area contributed by atoms with Crippen LogP contribution < -0.4 is 10.0 Å². The zero-order valence-corrected chi connectivity index (χ0v) is 10.5.